The van der Waals surface area contributed by atoms with E-state index in [1.807, 2.05) is 0 Å². The molecule has 0 aromatic heterocycles. The number of unbranched alkanes of at least 4 members (excludes halogenated alkanes) is 17. The van der Waals surface area contributed by atoms with Crippen molar-refractivity contribution in [2.24, 2.45) is 0 Å². The third kappa shape index (κ3) is 27.0. The van der Waals surface area contributed by atoms with Gasteiger partial charge < -0.3 is 20.6 Å². The molecule has 0 aliphatic carbocycles. The molecule has 0 aliphatic rings. The summed E-state index contributed by atoms with van der Waals surface area (Å²) in [5, 5.41) is 32.9. The SMILES string of the molecule is [2H]C([2H])([2H])C([2H])([2H])C([2H])([2H])C([2H])([2H])CCCCCCCCCCCC(=O)N[C@@H](CO)[C@H](O)/C=C/[C@H](O)CCCCCCCCCCCC. The lowest BCUT2D eigenvalue weighted by Gasteiger charge is -2.20. The molecule has 39 heavy (non-hydrogen) atoms. The molecule has 4 N–H and O–H groups in total. The number of hydrogen-bond acceptors (Lipinski definition) is 4. The van der Waals surface area contributed by atoms with E-state index in [2.05, 4.69) is 12.2 Å². The summed E-state index contributed by atoms with van der Waals surface area (Å²) < 4.78 is 68.9. The van der Waals surface area contributed by atoms with Crippen LogP contribution in [0.5, 0.6) is 0 Å². The van der Waals surface area contributed by atoms with Crippen molar-refractivity contribution in [3.63, 3.8) is 0 Å². The van der Waals surface area contributed by atoms with Crippen molar-refractivity contribution in [1.82, 2.24) is 5.32 Å². The molecular weight excluding hydrogens is 486 g/mol. The molecule has 232 valence electrons. The van der Waals surface area contributed by atoms with Crippen LogP contribution >= 0.6 is 0 Å². The van der Waals surface area contributed by atoms with Crippen LogP contribution in [0.1, 0.15) is 186 Å². The molecule has 0 fully saturated rings. The largest absolute Gasteiger partial charge is 0.394 e. The van der Waals surface area contributed by atoms with E-state index in [0.29, 0.717) is 25.7 Å². The van der Waals surface area contributed by atoms with Crippen molar-refractivity contribution in [2.75, 3.05) is 6.61 Å². The molecular formula is C34H67NO4. The number of carbonyl (C=O) groups is 1. The first kappa shape index (κ1) is 24.7. The quantitative estimate of drug-likeness (QED) is 0.0521. The highest BCUT2D eigenvalue weighted by molar-refractivity contribution is 5.76. The molecule has 1 amide bonds. The lowest BCUT2D eigenvalue weighted by Crippen LogP contribution is -2.45. The summed E-state index contributed by atoms with van der Waals surface area (Å²) in [5.41, 5.74) is 0. The third-order valence-corrected chi connectivity index (χ3v) is 7.20. The molecule has 0 aromatic rings. The van der Waals surface area contributed by atoms with Crippen molar-refractivity contribution < 1.29 is 32.5 Å². The van der Waals surface area contributed by atoms with Crippen LogP contribution in [0.15, 0.2) is 12.2 Å². The fourth-order valence-electron chi connectivity index (χ4n) is 4.67. The van der Waals surface area contributed by atoms with E-state index in [0.717, 1.165) is 51.4 Å². The second-order valence-electron chi connectivity index (χ2n) is 10.9. The van der Waals surface area contributed by atoms with E-state index in [1.54, 1.807) is 0 Å². The Kier molecular flexibility index (Phi) is 19.0. The Hall–Kier alpha value is -0.910. The molecule has 5 nitrogen and oxygen atoms in total. The molecule has 0 radical (unpaired) electrons. The van der Waals surface area contributed by atoms with Gasteiger partial charge in [0.2, 0.25) is 5.91 Å². The number of aliphatic hydroxyl groups is 3. The molecule has 0 spiro atoms. The predicted molar refractivity (Wildman–Crippen MR) is 167 cm³/mol. The molecule has 0 unspecified atom stereocenters. The molecule has 0 bridgehead atoms. The van der Waals surface area contributed by atoms with Gasteiger partial charge in [-0.25, -0.2) is 0 Å². The standard InChI is InChI=1S/C34H67NO4/c1-3-5-7-9-11-13-15-16-17-19-21-23-25-27-34(39)35-32(30-36)33(38)29-28-31(37)26-24-22-20-18-14-12-10-8-6-4-2/h28-29,31-33,36-38H,3-27,30H2,1-2H3,(H,35,39)/b29-28+/t31-,32+,33-/m1/s1/i1D3,3D2,5D2,7D2. The van der Waals surface area contributed by atoms with Gasteiger partial charge in [0.15, 0.2) is 0 Å². The Morgan fingerprint density at radius 3 is 1.79 bits per heavy atom. The minimum atomic E-state index is -3.31. The number of nitrogens with one attached hydrogen (secondary N) is 1. The van der Waals surface area contributed by atoms with E-state index < -0.39 is 50.8 Å². The average Bonchev–Trinajstić information content (AvgIpc) is 3.01. The first-order valence-corrected chi connectivity index (χ1v) is 15.9. The van der Waals surface area contributed by atoms with Crippen molar-refractivity contribution in [1.29, 1.82) is 0 Å². The lowest BCUT2D eigenvalue weighted by molar-refractivity contribution is -0.123. The zero-order valence-corrected chi connectivity index (χ0v) is 24.9. The second-order valence-corrected chi connectivity index (χ2v) is 10.9. The normalized spacial score (nSPS) is 18.9. The van der Waals surface area contributed by atoms with E-state index in [1.165, 1.54) is 63.5 Å². The Bertz CT molecular complexity index is 857. The maximum absolute atomic E-state index is 12.3. The van der Waals surface area contributed by atoms with Crippen molar-refractivity contribution in [3.8, 4) is 0 Å². The third-order valence-electron chi connectivity index (χ3n) is 7.20. The maximum atomic E-state index is 12.3. The van der Waals surface area contributed by atoms with Crippen LogP contribution in [0.4, 0.5) is 0 Å². The van der Waals surface area contributed by atoms with Crippen LogP contribution in [-0.2, 0) is 4.79 Å². The zero-order chi connectivity index (χ0) is 36.7. The fraction of sp³-hybridized carbons (Fsp3) is 0.912. The Labute approximate surface area is 255 Å². The summed E-state index contributed by atoms with van der Waals surface area (Å²) in [5.74, 6) is -0.247. The Morgan fingerprint density at radius 1 is 0.744 bits per heavy atom. The zero-order valence-electron chi connectivity index (χ0n) is 33.9. The Morgan fingerprint density at radius 2 is 1.26 bits per heavy atom. The van der Waals surface area contributed by atoms with Crippen molar-refractivity contribution in [2.45, 2.75) is 192 Å². The van der Waals surface area contributed by atoms with E-state index in [9.17, 15) is 20.1 Å². The summed E-state index contributed by atoms with van der Waals surface area (Å²) in [4.78, 5) is 12.3. The molecule has 0 heterocycles. The van der Waals surface area contributed by atoms with Crippen LogP contribution in [0.2, 0.25) is 0 Å². The van der Waals surface area contributed by atoms with E-state index in [4.69, 9.17) is 12.3 Å². The van der Waals surface area contributed by atoms with Crippen molar-refractivity contribution >= 4 is 5.91 Å². The van der Waals surface area contributed by atoms with Gasteiger partial charge in [0.1, 0.15) is 0 Å². The molecule has 3 atom stereocenters. The maximum Gasteiger partial charge on any atom is 0.220 e. The fourth-order valence-corrected chi connectivity index (χ4v) is 4.67. The minimum Gasteiger partial charge on any atom is -0.394 e. The number of rotatable bonds is 30. The van der Waals surface area contributed by atoms with Crippen LogP contribution in [0.3, 0.4) is 0 Å². The van der Waals surface area contributed by atoms with E-state index in [-0.39, 0.29) is 18.7 Å². The average molecular weight is 563 g/mol. The van der Waals surface area contributed by atoms with Crippen molar-refractivity contribution in [3.05, 3.63) is 12.2 Å². The first-order valence-electron chi connectivity index (χ1n) is 20.4. The summed E-state index contributed by atoms with van der Waals surface area (Å²) in [6, 6.07) is -0.838. The summed E-state index contributed by atoms with van der Waals surface area (Å²) in [6.07, 6.45) is 12.0. The lowest BCUT2D eigenvalue weighted by atomic mass is 10.0. The van der Waals surface area contributed by atoms with E-state index >= 15 is 0 Å². The predicted octanol–water partition coefficient (Wildman–Crippen LogP) is 8.53. The van der Waals surface area contributed by atoms with Gasteiger partial charge in [-0.3, -0.25) is 4.79 Å². The highest BCUT2D eigenvalue weighted by atomic mass is 16.3. The first-order chi connectivity index (χ1) is 22.4. The molecule has 0 saturated carbocycles. The summed E-state index contributed by atoms with van der Waals surface area (Å²) >= 11 is 0. The molecule has 0 saturated heterocycles. The topological polar surface area (TPSA) is 89.8 Å². The van der Waals surface area contributed by atoms with Gasteiger partial charge in [-0.05, 0) is 12.8 Å². The molecule has 5 heteroatoms. The number of carbonyl (C=O) groups excluding carboxylic acids is 1. The second kappa shape index (κ2) is 30.1. The molecule has 0 aliphatic heterocycles. The van der Waals surface area contributed by atoms with Crippen LogP contribution in [-0.4, -0.2) is 46.1 Å². The molecule has 0 rings (SSSR count). The smallest absolute Gasteiger partial charge is 0.220 e. The molecule has 0 aromatic carbocycles. The summed E-state index contributed by atoms with van der Waals surface area (Å²) in [7, 11) is 0. The summed E-state index contributed by atoms with van der Waals surface area (Å²) in [6.45, 7) is -1.46. The van der Waals surface area contributed by atoms with Gasteiger partial charge in [-0.1, -0.05) is 167 Å². The number of amides is 1. The monoisotopic (exact) mass is 563 g/mol. The van der Waals surface area contributed by atoms with Gasteiger partial charge in [-0.15, -0.1) is 0 Å². The van der Waals surface area contributed by atoms with Gasteiger partial charge in [0.25, 0.3) is 0 Å². The van der Waals surface area contributed by atoms with Crippen LogP contribution in [0, 0.1) is 0 Å². The number of aliphatic hydroxyl groups excluding tert-OH is 3. The van der Waals surface area contributed by atoms with Gasteiger partial charge >= 0.3 is 0 Å². The van der Waals surface area contributed by atoms with Gasteiger partial charge in [-0.2, -0.15) is 0 Å². The van der Waals surface area contributed by atoms with Crippen LogP contribution in [0.25, 0.3) is 0 Å². The van der Waals surface area contributed by atoms with Crippen LogP contribution < -0.4 is 5.32 Å². The van der Waals surface area contributed by atoms with Gasteiger partial charge in [0.05, 0.1) is 24.9 Å². The van der Waals surface area contributed by atoms with Gasteiger partial charge in [0, 0.05) is 18.8 Å². The highest BCUT2D eigenvalue weighted by Crippen LogP contribution is 2.14. The Balaban J connectivity index is 4.03. The minimum absolute atomic E-state index is 0.247. The highest BCUT2D eigenvalue weighted by Gasteiger charge is 2.18. The number of hydrogen-bond donors (Lipinski definition) is 4.